The van der Waals surface area contributed by atoms with Gasteiger partial charge < -0.3 is 19.9 Å². The molecule has 0 amide bonds. The van der Waals surface area contributed by atoms with Gasteiger partial charge in [0.05, 0.1) is 18.8 Å². The summed E-state index contributed by atoms with van der Waals surface area (Å²) in [6.07, 6.45) is 3.79. The second-order valence-electron chi connectivity index (χ2n) is 5.00. The minimum Gasteiger partial charge on any atom is -0.504 e. The number of phenolic OH excluding ortho intramolecular Hbond substituents is 1. The summed E-state index contributed by atoms with van der Waals surface area (Å²) >= 11 is 0. The summed E-state index contributed by atoms with van der Waals surface area (Å²) < 4.78 is 25.0. The fourth-order valence-corrected chi connectivity index (χ4v) is 2.71. The Morgan fingerprint density at radius 1 is 1.21 bits per heavy atom. The SMILES string of the molecule is Oc1c(F)cc2c(c1C1CCCCN1)OCCCO2. The van der Waals surface area contributed by atoms with Crippen molar-refractivity contribution in [3.05, 3.63) is 17.4 Å². The smallest absolute Gasteiger partial charge is 0.169 e. The van der Waals surface area contributed by atoms with Gasteiger partial charge in [0.1, 0.15) is 0 Å². The molecule has 4 nitrogen and oxygen atoms in total. The topological polar surface area (TPSA) is 50.7 Å². The summed E-state index contributed by atoms with van der Waals surface area (Å²) in [6.45, 7) is 1.91. The lowest BCUT2D eigenvalue weighted by atomic mass is 9.95. The van der Waals surface area contributed by atoms with Gasteiger partial charge in [-0.25, -0.2) is 4.39 Å². The Morgan fingerprint density at radius 3 is 2.84 bits per heavy atom. The zero-order valence-corrected chi connectivity index (χ0v) is 10.7. The summed E-state index contributed by atoms with van der Waals surface area (Å²) in [5.74, 6) is -0.0683. The van der Waals surface area contributed by atoms with E-state index in [9.17, 15) is 9.50 Å². The molecule has 104 valence electrons. The maximum atomic E-state index is 13.8. The average Bonchev–Trinajstić information content (AvgIpc) is 2.66. The Labute approximate surface area is 111 Å². The summed E-state index contributed by atoms with van der Waals surface area (Å²) in [4.78, 5) is 0. The maximum Gasteiger partial charge on any atom is 0.169 e. The Morgan fingerprint density at radius 2 is 2.05 bits per heavy atom. The molecule has 2 N–H and O–H groups in total. The second kappa shape index (κ2) is 5.25. The number of ether oxygens (including phenoxy) is 2. The van der Waals surface area contributed by atoms with Gasteiger partial charge in [-0.3, -0.25) is 0 Å². The zero-order valence-electron chi connectivity index (χ0n) is 10.7. The van der Waals surface area contributed by atoms with E-state index in [-0.39, 0.29) is 11.8 Å². The molecular weight excluding hydrogens is 249 g/mol. The average molecular weight is 267 g/mol. The van der Waals surface area contributed by atoms with Crippen molar-refractivity contribution in [2.45, 2.75) is 31.7 Å². The molecule has 1 atom stereocenters. The quantitative estimate of drug-likeness (QED) is 0.821. The number of aromatic hydroxyl groups is 1. The molecule has 1 aromatic carbocycles. The largest absolute Gasteiger partial charge is 0.504 e. The van der Waals surface area contributed by atoms with Crippen LogP contribution in [0, 0.1) is 5.82 Å². The lowest BCUT2D eigenvalue weighted by molar-refractivity contribution is 0.292. The molecule has 0 spiro atoms. The number of halogens is 1. The molecule has 0 aliphatic carbocycles. The van der Waals surface area contributed by atoms with Gasteiger partial charge in [-0.1, -0.05) is 6.42 Å². The van der Waals surface area contributed by atoms with E-state index in [1.807, 2.05) is 0 Å². The minimum atomic E-state index is -0.647. The third-order valence-corrected chi connectivity index (χ3v) is 3.66. The van der Waals surface area contributed by atoms with Gasteiger partial charge in [0, 0.05) is 18.5 Å². The van der Waals surface area contributed by atoms with Gasteiger partial charge in [0.15, 0.2) is 23.1 Å². The van der Waals surface area contributed by atoms with E-state index < -0.39 is 5.82 Å². The highest BCUT2D eigenvalue weighted by Gasteiger charge is 2.28. The van der Waals surface area contributed by atoms with Crippen LogP contribution in [0.3, 0.4) is 0 Å². The molecule has 0 saturated carbocycles. The van der Waals surface area contributed by atoms with Crippen molar-refractivity contribution in [1.29, 1.82) is 0 Å². The first-order valence-corrected chi connectivity index (χ1v) is 6.81. The predicted octanol–water partition coefficient (Wildman–Crippen LogP) is 2.51. The molecule has 1 saturated heterocycles. The van der Waals surface area contributed by atoms with Crippen molar-refractivity contribution in [2.75, 3.05) is 19.8 Å². The molecule has 0 aromatic heterocycles. The third-order valence-electron chi connectivity index (χ3n) is 3.66. The second-order valence-corrected chi connectivity index (χ2v) is 5.00. The number of hydrogen-bond acceptors (Lipinski definition) is 4. The molecule has 2 aliphatic heterocycles. The first-order valence-electron chi connectivity index (χ1n) is 6.81. The van der Waals surface area contributed by atoms with Crippen LogP contribution in [0.25, 0.3) is 0 Å². The number of phenols is 1. The van der Waals surface area contributed by atoms with Crippen LogP contribution < -0.4 is 14.8 Å². The van der Waals surface area contributed by atoms with Crippen LogP contribution in [0.5, 0.6) is 17.2 Å². The highest BCUT2D eigenvalue weighted by atomic mass is 19.1. The van der Waals surface area contributed by atoms with Gasteiger partial charge >= 0.3 is 0 Å². The molecular formula is C14H18FNO3. The van der Waals surface area contributed by atoms with Crippen molar-refractivity contribution in [3.8, 4) is 17.2 Å². The van der Waals surface area contributed by atoms with E-state index >= 15 is 0 Å². The number of nitrogens with one attached hydrogen (secondary N) is 1. The maximum absolute atomic E-state index is 13.8. The van der Waals surface area contributed by atoms with Crippen LogP contribution in [0.2, 0.25) is 0 Å². The van der Waals surface area contributed by atoms with Crippen molar-refractivity contribution in [1.82, 2.24) is 5.32 Å². The van der Waals surface area contributed by atoms with Crippen LogP contribution in [-0.2, 0) is 0 Å². The molecule has 0 bridgehead atoms. The number of hydrogen-bond donors (Lipinski definition) is 2. The zero-order chi connectivity index (χ0) is 13.2. The Bertz CT molecular complexity index is 472. The van der Waals surface area contributed by atoms with E-state index in [2.05, 4.69) is 5.32 Å². The van der Waals surface area contributed by atoms with Gasteiger partial charge in [-0.2, -0.15) is 0 Å². The molecule has 1 unspecified atom stereocenters. The van der Waals surface area contributed by atoms with Crippen LogP contribution in [0.1, 0.15) is 37.3 Å². The van der Waals surface area contributed by atoms with Crippen molar-refractivity contribution < 1.29 is 19.0 Å². The van der Waals surface area contributed by atoms with Crippen molar-refractivity contribution in [2.24, 2.45) is 0 Å². The van der Waals surface area contributed by atoms with E-state index in [1.165, 1.54) is 6.07 Å². The fraction of sp³-hybridized carbons (Fsp3) is 0.571. The normalized spacial score (nSPS) is 22.9. The van der Waals surface area contributed by atoms with E-state index in [0.29, 0.717) is 30.3 Å². The number of piperidine rings is 1. The summed E-state index contributed by atoms with van der Waals surface area (Å²) in [5, 5.41) is 13.4. The first-order chi connectivity index (χ1) is 9.27. The number of benzene rings is 1. The van der Waals surface area contributed by atoms with E-state index in [4.69, 9.17) is 9.47 Å². The molecule has 3 rings (SSSR count). The minimum absolute atomic E-state index is 0.0695. The van der Waals surface area contributed by atoms with Crippen LogP contribution in [0.4, 0.5) is 4.39 Å². The van der Waals surface area contributed by atoms with Crippen LogP contribution in [-0.4, -0.2) is 24.9 Å². The lowest BCUT2D eigenvalue weighted by Crippen LogP contribution is -2.27. The van der Waals surface area contributed by atoms with E-state index in [0.717, 1.165) is 32.2 Å². The Kier molecular flexibility index (Phi) is 3.46. The van der Waals surface area contributed by atoms with Gasteiger partial charge in [0.2, 0.25) is 0 Å². The van der Waals surface area contributed by atoms with Crippen molar-refractivity contribution in [3.63, 3.8) is 0 Å². The van der Waals surface area contributed by atoms with Gasteiger partial charge in [0.25, 0.3) is 0 Å². The summed E-state index contributed by atoms with van der Waals surface area (Å²) in [6, 6.07) is 1.14. The molecule has 2 aliphatic rings. The lowest BCUT2D eigenvalue weighted by Gasteiger charge is -2.26. The van der Waals surface area contributed by atoms with Crippen LogP contribution >= 0.6 is 0 Å². The van der Waals surface area contributed by atoms with Gasteiger partial charge in [-0.05, 0) is 19.4 Å². The standard InChI is InChI=1S/C14H18FNO3/c15-9-8-11-14(19-7-3-6-18-11)12(13(9)17)10-4-1-2-5-16-10/h8,10,16-17H,1-7H2. The Balaban J connectivity index is 2.07. The molecule has 19 heavy (non-hydrogen) atoms. The fourth-order valence-electron chi connectivity index (χ4n) is 2.71. The predicted molar refractivity (Wildman–Crippen MR) is 68.3 cm³/mol. The molecule has 1 fully saturated rings. The third kappa shape index (κ3) is 2.34. The molecule has 2 heterocycles. The highest BCUT2D eigenvalue weighted by Crippen LogP contribution is 2.45. The number of rotatable bonds is 1. The molecule has 1 aromatic rings. The monoisotopic (exact) mass is 267 g/mol. The molecule has 0 radical (unpaired) electrons. The summed E-state index contributed by atoms with van der Waals surface area (Å²) in [7, 11) is 0. The van der Waals surface area contributed by atoms with Crippen molar-refractivity contribution >= 4 is 0 Å². The number of fused-ring (bicyclic) bond motifs is 1. The molecule has 5 heteroatoms. The highest BCUT2D eigenvalue weighted by molar-refractivity contribution is 5.56. The first kappa shape index (κ1) is 12.5. The van der Waals surface area contributed by atoms with E-state index in [1.54, 1.807) is 0 Å². The Hall–Kier alpha value is -1.49. The summed E-state index contributed by atoms with van der Waals surface area (Å²) in [5.41, 5.74) is 0.511. The van der Waals surface area contributed by atoms with Gasteiger partial charge in [-0.15, -0.1) is 0 Å². The van der Waals surface area contributed by atoms with Crippen LogP contribution in [0.15, 0.2) is 6.07 Å².